The number of aliphatic hydroxyl groups is 1. The predicted octanol–water partition coefficient (Wildman–Crippen LogP) is 0.802. The fraction of sp³-hybridized carbons (Fsp3) is 0.846. The summed E-state index contributed by atoms with van der Waals surface area (Å²) in [7, 11) is 0. The van der Waals surface area contributed by atoms with Gasteiger partial charge in [0, 0.05) is 39.2 Å². The lowest BCUT2D eigenvalue weighted by atomic mass is 9.96. The van der Waals surface area contributed by atoms with E-state index in [2.05, 4.69) is 10.1 Å². The Balaban J connectivity index is 1.65. The minimum Gasteiger partial charge on any atom is -0.396 e. The summed E-state index contributed by atoms with van der Waals surface area (Å²) in [6, 6.07) is 0. The van der Waals surface area contributed by atoms with Gasteiger partial charge in [0.25, 0.3) is 0 Å². The van der Waals surface area contributed by atoms with Crippen molar-refractivity contribution in [2.24, 2.45) is 11.8 Å². The van der Waals surface area contributed by atoms with Crippen molar-refractivity contribution >= 4 is 0 Å². The van der Waals surface area contributed by atoms with E-state index in [9.17, 15) is 5.11 Å². The average Bonchev–Trinajstić information content (AvgIpc) is 2.80. The summed E-state index contributed by atoms with van der Waals surface area (Å²) in [5.41, 5.74) is 0. The third kappa shape index (κ3) is 2.57. The quantitative estimate of drug-likeness (QED) is 0.863. The minimum atomic E-state index is 0.266. The van der Waals surface area contributed by atoms with Gasteiger partial charge in [0.2, 0.25) is 0 Å². The first-order valence-corrected chi connectivity index (χ1v) is 6.96. The summed E-state index contributed by atoms with van der Waals surface area (Å²) in [5, 5.41) is 13.8. The van der Waals surface area contributed by atoms with Crippen molar-refractivity contribution in [2.45, 2.75) is 38.6 Å². The largest absolute Gasteiger partial charge is 0.396 e. The molecule has 100 valence electrons. The average molecular weight is 251 g/mol. The Kier molecular flexibility index (Phi) is 3.61. The van der Waals surface area contributed by atoms with Crippen LogP contribution in [-0.4, -0.2) is 39.7 Å². The van der Waals surface area contributed by atoms with Crippen molar-refractivity contribution in [1.82, 2.24) is 14.8 Å². The first-order chi connectivity index (χ1) is 8.85. The van der Waals surface area contributed by atoms with Crippen LogP contribution in [0.15, 0.2) is 0 Å². The van der Waals surface area contributed by atoms with E-state index >= 15 is 0 Å². The summed E-state index contributed by atoms with van der Waals surface area (Å²) >= 11 is 0. The van der Waals surface area contributed by atoms with Gasteiger partial charge in [-0.3, -0.25) is 0 Å². The van der Waals surface area contributed by atoms with Crippen LogP contribution in [0.25, 0.3) is 0 Å². The number of fused-ring (bicyclic) bond motifs is 1. The highest BCUT2D eigenvalue weighted by Gasteiger charge is 2.23. The molecule has 0 amide bonds. The van der Waals surface area contributed by atoms with Crippen molar-refractivity contribution in [3.8, 4) is 0 Å². The van der Waals surface area contributed by atoms with Crippen LogP contribution >= 0.6 is 0 Å². The monoisotopic (exact) mass is 251 g/mol. The molecular weight excluding hydrogens is 230 g/mol. The second-order valence-corrected chi connectivity index (χ2v) is 5.47. The number of rotatable bonds is 3. The second-order valence-electron chi connectivity index (χ2n) is 5.47. The smallest absolute Gasteiger partial charge is 0.151 e. The Morgan fingerprint density at radius 2 is 2.06 bits per heavy atom. The van der Waals surface area contributed by atoms with Crippen LogP contribution in [-0.2, 0) is 24.1 Å². The van der Waals surface area contributed by atoms with E-state index < -0.39 is 0 Å². The molecule has 3 rings (SSSR count). The molecule has 18 heavy (non-hydrogen) atoms. The molecule has 5 heteroatoms. The molecule has 1 saturated heterocycles. The molecule has 0 aromatic carbocycles. The number of aryl methyl sites for hydroxylation is 1. The molecule has 1 unspecified atom stereocenters. The zero-order chi connectivity index (χ0) is 12.4. The maximum atomic E-state index is 9.21. The molecule has 0 radical (unpaired) electrons. The van der Waals surface area contributed by atoms with E-state index in [1.54, 1.807) is 0 Å². The Hall–Kier alpha value is -0.940. The number of ether oxygens (including phenoxy) is 1. The highest BCUT2D eigenvalue weighted by molar-refractivity contribution is 4.98. The van der Waals surface area contributed by atoms with Crippen molar-refractivity contribution in [3.05, 3.63) is 11.6 Å². The molecular formula is C13H21N3O2. The van der Waals surface area contributed by atoms with E-state index in [1.165, 1.54) is 0 Å². The van der Waals surface area contributed by atoms with Gasteiger partial charge in [-0.1, -0.05) is 0 Å². The van der Waals surface area contributed by atoms with E-state index in [0.717, 1.165) is 63.5 Å². The number of hydrogen-bond donors (Lipinski definition) is 1. The van der Waals surface area contributed by atoms with E-state index in [4.69, 9.17) is 4.74 Å². The van der Waals surface area contributed by atoms with Gasteiger partial charge in [0.15, 0.2) is 5.82 Å². The Morgan fingerprint density at radius 3 is 2.83 bits per heavy atom. The van der Waals surface area contributed by atoms with E-state index in [0.29, 0.717) is 11.8 Å². The third-order valence-electron chi connectivity index (χ3n) is 4.08. The van der Waals surface area contributed by atoms with Crippen LogP contribution in [0.5, 0.6) is 0 Å². The minimum absolute atomic E-state index is 0.266. The summed E-state index contributed by atoms with van der Waals surface area (Å²) in [4.78, 5) is 4.64. The Labute approximate surface area is 107 Å². The van der Waals surface area contributed by atoms with Crippen molar-refractivity contribution in [3.63, 3.8) is 0 Å². The molecule has 0 aliphatic carbocycles. The lowest BCUT2D eigenvalue weighted by molar-refractivity contribution is 0.0659. The van der Waals surface area contributed by atoms with Gasteiger partial charge < -0.3 is 9.84 Å². The van der Waals surface area contributed by atoms with Crippen molar-refractivity contribution in [2.75, 3.05) is 19.8 Å². The topological polar surface area (TPSA) is 60.2 Å². The summed E-state index contributed by atoms with van der Waals surface area (Å²) in [5.74, 6) is 3.09. The first-order valence-electron chi connectivity index (χ1n) is 6.96. The second kappa shape index (κ2) is 5.36. The molecule has 5 nitrogen and oxygen atoms in total. The lowest BCUT2D eigenvalue weighted by Crippen LogP contribution is -2.22. The molecule has 0 spiro atoms. The maximum Gasteiger partial charge on any atom is 0.151 e. The summed E-state index contributed by atoms with van der Waals surface area (Å²) in [6.45, 7) is 2.93. The van der Waals surface area contributed by atoms with Gasteiger partial charge in [-0.05, 0) is 31.1 Å². The fourth-order valence-corrected chi connectivity index (χ4v) is 2.87. The molecule has 0 bridgehead atoms. The fourth-order valence-electron chi connectivity index (χ4n) is 2.87. The van der Waals surface area contributed by atoms with Gasteiger partial charge >= 0.3 is 0 Å². The van der Waals surface area contributed by atoms with Crippen LogP contribution in [0.2, 0.25) is 0 Å². The van der Waals surface area contributed by atoms with Gasteiger partial charge in [-0.2, -0.15) is 5.10 Å². The van der Waals surface area contributed by atoms with Crippen LogP contribution in [0.1, 0.15) is 30.9 Å². The molecule has 1 aromatic rings. The molecule has 3 heterocycles. The number of aliphatic hydroxyl groups excluding tert-OH is 1. The van der Waals surface area contributed by atoms with Crippen molar-refractivity contribution < 1.29 is 9.84 Å². The van der Waals surface area contributed by atoms with Crippen LogP contribution < -0.4 is 0 Å². The third-order valence-corrected chi connectivity index (χ3v) is 4.08. The van der Waals surface area contributed by atoms with Crippen molar-refractivity contribution in [1.29, 1.82) is 0 Å². The van der Waals surface area contributed by atoms with Crippen LogP contribution in [0, 0.1) is 11.8 Å². The molecule has 2 aliphatic heterocycles. The molecule has 1 atom stereocenters. The lowest BCUT2D eigenvalue weighted by Gasteiger charge is -2.20. The van der Waals surface area contributed by atoms with E-state index in [-0.39, 0.29) is 6.61 Å². The standard InChI is InChI=1S/C13H21N3O2/c17-9-11-1-4-16-13(8-11)14-12(15-16)7-10-2-5-18-6-3-10/h10-11,17H,1-9H2. The molecule has 2 aliphatic rings. The maximum absolute atomic E-state index is 9.21. The van der Waals surface area contributed by atoms with Crippen LogP contribution in [0.4, 0.5) is 0 Å². The van der Waals surface area contributed by atoms with E-state index in [1.807, 2.05) is 4.68 Å². The van der Waals surface area contributed by atoms with Gasteiger partial charge in [0.05, 0.1) is 0 Å². The van der Waals surface area contributed by atoms with Gasteiger partial charge in [0.1, 0.15) is 5.82 Å². The first kappa shape index (κ1) is 12.1. The predicted molar refractivity (Wildman–Crippen MR) is 66.2 cm³/mol. The molecule has 1 fully saturated rings. The molecule has 0 saturated carbocycles. The zero-order valence-corrected chi connectivity index (χ0v) is 10.7. The molecule has 1 N–H and O–H groups in total. The Bertz CT molecular complexity index is 399. The normalized spacial score (nSPS) is 25.1. The summed E-state index contributed by atoms with van der Waals surface area (Å²) in [6.07, 6.45) is 5.13. The highest BCUT2D eigenvalue weighted by Crippen LogP contribution is 2.22. The zero-order valence-electron chi connectivity index (χ0n) is 10.7. The number of hydrogen-bond acceptors (Lipinski definition) is 4. The summed E-state index contributed by atoms with van der Waals surface area (Å²) < 4.78 is 7.40. The Morgan fingerprint density at radius 1 is 1.22 bits per heavy atom. The SMILES string of the molecule is OCC1CCn2nc(CC3CCOCC3)nc2C1. The highest BCUT2D eigenvalue weighted by atomic mass is 16.5. The van der Waals surface area contributed by atoms with Gasteiger partial charge in [-0.25, -0.2) is 9.67 Å². The van der Waals surface area contributed by atoms with Gasteiger partial charge in [-0.15, -0.1) is 0 Å². The number of nitrogens with zero attached hydrogens (tertiary/aromatic N) is 3. The number of aromatic nitrogens is 3. The molecule has 1 aromatic heterocycles. The van der Waals surface area contributed by atoms with Crippen LogP contribution in [0.3, 0.4) is 0 Å².